The SMILES string of the molecule is CCOCCOCCOCCOCCOCCOCCOCCOCCOCCOCCOCCCNCCNC(C)CCCNC(N)=O. The van der Waals surface area contributed by atoms with Gasteiger partial charge in [0.05, 0.1) is 132 Å². The van der Waals surface area contributed by atoms with Gasteiger partial charge in [0.1, 0.15) is 0 Å². The van der Waals surface area contributed by atoms with Gasteiger partial charge in [-0.1, -0.05) is 0 Å². The molecule has 0 spiro atoms. The van der Waals surface area contributed by atoms with Gasteiger partial charge in [-0.2, -0.15) is 0 Å². The molecular weight excluding hydrogens is 644 g/mol. The van der Waals surface area contributed by atoms with E-state index in [1.54, 1.807) is 0 Å². The van der Waals surface area contributed by atoms with Gasteiger partial charge in [0.2, 0.25) is 0 Å². The number of urea groups is 1. The third-order valence-corrected chi connectivity index (χ3v) is 6.47. The molecule has 0 saturated heterocycles. The molecule has 0 saturated carbocycles. The third-order valence-electron chi connectivity index (χ3n) is 6.47. The summed E-state index contributed by atoms with van der Waals surface area (Å²) in [4.78, 5) is 10.6. The van der Waals surface area contributed by atoms with Crippen LogP contribution in [-0.2, 0) is 52.1 Å². The van der Waals surface area contributed by atoms with E-state index in [4.69, 9.17) is 57.8 Å². The number of amides is 2. The molecule has 0 aliphatic heterocycles. The zero-order valence-electron chi connectivity index (χ0n) is 30.6. The standard InChI is InChI=1S/C33H70N4O12/c1-3-39-12-13-41-16-17-43-20-21-45-24-25-47-28-29-49-31-30-48-27-26-46-23-22-44-19-18-42-15-14-40-11-5-7-35-9-10-36-32(2)6-4-8-37-33(34)38/h32,35-36H,3-31H2,1-2H3,(H3,34,37,38). The lowest BCUT2D eigenvalue weighted by molar-refractivity contribution is -0.0274. The largest absolute Gasteiger partial charge is 0.379 e. The van der Waals surface area contributed by atoms with Crippen molar-refractivity contribution in [2.45, 2.75) is 39.2 Å². The highest BCUT2D eigenvalue weighted by Gasteiger charge is 2.01. The van der Waals surface area contributed by atoms with Crippen LogP contribution in [-0.4, -0.2) is 184 Å². The Labute approximate surface area is 295 Å². The summed E-state index contributed by atoms with van der Waals surface area (Å²) in [7, 11) is 0. The van der Waals surface area contributed by atoms with Gasteiger partial charge in [0, 0.05) is 38.9 Å². The van der Waals surface area contributed by atoms with Gasteiger partial charge in [-0.25, -0.2) is 4.79 Å². The molecule has 0 aromatic carbocycles. The summed E-state index contributed by atoms with van der Waals surface area (Å²) in [5.41, 5.74) is 5.05. The molecule has 294 valence electrons. The normalized spacial score (nSPS) is 12.1. The second-order valence-corrected chi connectivity index (χ2v) is 10.7. The van der Waals surface area contributed by atoms with Crippen LogP contribution in [0, 0.1) is 0 Å². The summed E-state index contributed by atoms with van der Waals surface area (Å²) in [6.07, 6.45) is 2.86. The summed E-state index contributed by atoms with van der Waals surface area (Å²) >= 11 is 0. The highest BCUT2D eigenvalue weighted by Crippen LogP contribution is 1.94. The molecule has 1 atom stereocenters. The number of hydrogen-bond acceptors (Lipinski definition) is 14. The van der Waals surface area contributed by atoms with Crippen molar-refractivity contribution >= 4 is 6.03 Å². The van der Waals surface area contributed by atoms with Crippen molar-refractivity contribution in [3.05, 3.63) is 0 Å². The first kappa shape index (κ1) is 47.8. The molecule has 0 aliphatic carbocycles. The second kappa shape index (κ2) is 42.9. The first-order valence-corrected chi connectivity index (χ1v) is 18.0. The average Bonchev–Trinajstić information content (AvgIpc) is 3.09. The van der Waals surface area contributed by atoms with Crippen LogP contribution >= 0.6 is 0 Å². The Hall–Kier alpha value is -1.25. The number of nitrogens with one attached hydrogen (secondary N) is 3. The molecule has 16 nitrogen and oxygen atoms in total. The van der Waals surface area contributed by atoms with Crippen molar-refractivity contribution in [1.82, 2.24) is 16.0 Å². The lowest BCUT2D eigenvalue weighted by Gasteiger charge is -2.14. The van der Waals surface area contributed by atoms with Crippen LogP contribution in [0.4, 0.5) is 4.79 Å². The first-order valence-electron chi connectivity index (χ1n) is 18.0. The van der Waals surface area contributed by atoms with Crippen LogP contribution in [0.5, 0.6) is 0 Å². The number of rotatable bonds is 43. The van der Waals surface area contributed by atoms with Crippen molar-refractivity contribution in [3.8, 4) is 0 Å². The number of hydrogen-bond donors (Lipinski definition) is 4. The maximum atomic E-state index is 10.6. The van der Waals surface area contributed by atoms with E-state index in [0.717, 1.165) is 38.9 Å². The quantitative estimate of drug-likeness (QED) is 0.0645. The van der Waals surface area contributed by atoms with E-state index < -0.39 is 6.03 Å². The summed E-state index contributed by atoms with van der Waals surface area (Å²) in [6.45, 7) is 19.6. The molecule has 2 amide bonds. The Morgan fingerprint density at radius 1 is 0.469 bits per heavy atom. The van der Waals surface area contributed by atoms with Crippen molar-refractivity contribution < 1.29 is 56.9 Å². The predicted octanol–water partition coefficient (Wildman–Crippen LogP) is 0.595. The van der Waals surface area contributed by atoms with Gasteiger partial charge in [-0.3, -0.25) is 0 Å². The molecule has 0 rings (SSSR count). The highest BCUT2D eigenvalue weighted by molar-refractivity contribution is 5.71. The summed E-state index contributed by atoms with van der Waals surface area (Å²) in [6, 6.07) is -0.0624. The van der Waals surface area contributed by atoms with E-state index in [0.29, 0.717) is 158 Å². The molecule has 1 unspecified atom stereocenters. The zero-order valence-corrected chi connectivity index (χ0v) is 30.6. The topological polar surface area (TPSA) is 181 Å². The fraction of sp³-hybridized carbons (Fsp3) is 0.970. The fourth-order valence-corrected chi connectivity index (χ4v) is 3.90. The van der Waals surface area contributed by atoms with Crippen LogP contribution in [0.25, 0.3) is 0 Å². The van der Waals surface area contributed by atoms with E-state index in [-0.39, 0.29) is 0 Å². The van der Waals surface area contributed by atoms with Gasteiger partial charge in [-0.15, -0.1) is 0 Å². The predicted molar refractivity (Wildman–Crippen MR) is 186 cm³/mol. The number of primary amides is 1. The Morgan fingerprint density at radius 3 is 1.16 bits per heavy atom. The van der Waals surface area contributed by atoms with E-state index in [2.05, 4.69) is 22.9 Å². The Morgan fingerprint density at radius 2 is 0.816 bits per heavy atom. The van der Waals surface area contributed by atoms with Crippen LogP contribution < -0.4 is 21.7 Å². The van der Waals surface area contributed by atoms with Crippen molar-refractivity contribution in [2.24, 2.45) is 5.73 Å². The lowest BCUT2D eigenvalue weighted by atomic mass is 10.2. The highest BCUT2D eigenvalue weighted by atomic mass is 16.6. The zero-order chi connectivity index (χ0) is 35.6. The van der Waals surface area contributed by atoms with Crippen molar-refractivity contribution in [1.29, 1.82) is 0 Å². The third kappa shape index (κ3) is 44.7. The van der Waals surface area contributed by atoms with Crippen molar-refractivity contribution in [2.75, 3.05) is 172 Å². The number of nitrogens with two attached hydrogens (primary N) is 1. The van der Waals surface area contributed by atoms with E-state index in [1.807, 2.05) is 6.92 Å². The van der Waals surface area contributed by atoms with Crippen LogP contribution in [0.15, 0.2) is 0 Å². The molecule has 16 heteroatoms. The van der Waals surface area contributed by atoms with Gasteiger partial charge in [0.15, 0.2) is 0 Å². The molecule has 0 aromatic rings. The lowest BCUT2D eigenvalue weighted by Crippen LogP contribution is -2.35. The second-order valence-electron chi connectivity index (χ2n) is 10.7. The molecule has 0 aliphatic rings. The number of carbonyl (C=O) groups excluding carboxylic acids is 1. The van der Waals surface area contributed by atoms with Crippen molar-refractivity contribution in [3.63, 3.8) is 0 Å². The van der Waals surface area contributed by atoms with Gasteiger partial charge in [-0.05, 0) is 39.7 Å². The van der Waals surface area contributed by atoms with Gasteiger partial charge < -0.3 is 73.8 Å². The first-order chi connectivity index (χ1) is 24.2. The van der Waals surface area contributed by atoms with E-state index in [9.17, 15) is 4.79 Å². The minimum Gasteiger partial charge on any atom is -0.379 e. The van der Waals surface area contributed by atoms with E-state index in [1.165, 1.54) is 0 Å². The Bertz CT molecular complexity index is 646. The van der Waals surface area contributed by atoms with Gasteiger partial charge in [0.25, 0.3) is 0 Å². The number of ether oxygens (including phenoxy) is 11. The molecule has 0 radical (unpaired) electrons. The molecule has 0 aromatic heterocycles. The molecule has 0 heterocycles. The van der Waals surface area contributed by atoms with E-state index >= 15 is 0 Å². The summed E-state index contributed by atoms with van der Waals surface area (Å²) < 4.78 is 60.0. The van der Waals surface area contributed by atoms with Gasteiger partial charge >= 0.3 is 6.03 Å². The Kier molecular flexibility index (Phi) is 41.8. The maximum absolute atomic E-state index is 10.6. The van der Waals surface area contributed by atoms with Crippen LogP contribution in [0.3, 0.4) is 0 Å². The fourth-order valence-electron chi connectivity index (χ4n) is 3.90. The maximum Gasteiger partial charge on any atom is 0.312 e. The minimum absolute atomic E-state index is 0.405. The summed E-state index contributed by atoms with van der Waals surface area (Å²) in [5, 5.41) is 9.46. The molecular formula is C33H70N4O12. The average molecular weight is 715 g/mol. The molecule has 0 fully saturated rings. The molecule has 0 bridgehead atoms. The minimum atomic E-state index is -0.467. The summed E-state index contributed by atoms with van der Waals surface area (Å²) in [5.74, 6) is 0. The molecule has 5 N–H and O–H groups in total. The number of carbonyl (C=O) groups is 1. The van der Waals surface area contributed by atoms with Crippen LogP contribution in [0.1, 0.15) is 33.1 Å². The monoisotopic (exact) mass is 714 g/mol. The van der Waals surface area contributed by atoms with Crippen LogP contribution in [0.2, 0.25) is 0 Å². The smallest absolute Gasteiger partial charge is 0.312 e. The Balaban J connectivity index is 3.09. The molecule has 49 heavy (non-hydrogen) atoms.